The van der Waals surface area contributed by atoms with Crippen molar-refractivity contribution in [2.24, 2.45) is 5.92 Å². The summed E-state index contributed by atoms with van der Waals surface area (Å²) in [5, 5.41) is 2.11. The number of rotatable bonds is 6. The fourth-order valence-corrected chi connectivity index (χ4v) is 2.39. The molecular weight excluding hydrogens is 272 g/mol. The summed E-state index contributed by atoms with van der Waals surface area (Å²) in [5.41, 5.74) is 0. The van der Waals surface area contributed by atoms with Crippen LogP contribution in [-0.2, 0) is 4.74 Å². The molecule has 0 aromatic rings. The van der Waals surface area contributed by atoms with Crippen molar-refractivity contribution >= 4 is 31.9 Å². The summed E-state index contributed by atoms with van der Waals surface area (Å²) >= 11 is 6.92. The number of hydrogen-bond acceptors (Lipinski definition) is 1. The average molecular weight is 288 g/mol. The second kappa shape index (κ2) is 7.56. The Hall–Kier alpha value is 0.920. The summed E-state index contributed by atoms with van der Waals surface area (Å²) < 4.78 is 5.43. The fraction of sp³-hybridized carbons (Fsp3) is 1.00. The Morgan fingerprint density at radius 3 is 2.09 bits per heavy atom. The van der Waals surface area contributed by atoms with Gasteiger partial charge in [-0.15, -0.1) is 0 Å². The Bertz CT molecular complexity index is 82.2. The van der Waals surface area contributed by atoms with E-state index in [0.29, 0.717) is 12.0 Å². The quantitative estimate of drug-likeness (QED) is 0.682. The van der Waals surface area contributed by atoms with Crippen LogP contribution < -0.4 is 0 Å². The number of ether oxygens (including phenoxy) is 1. The summed E-state index contributed by atoms with van der Waals surface area (Å²) in [4.78, 5) is 0. The zero-order valence-corrected chi connectivity index (χ0v) is 10.3. The zero-order valence-electron chi connectivity index (χ0n) is 7.15. The predicted molar refractivity (Wildman–Crippen MR) is 56.8 cm³/mol. The Morgan fingerprint density at radius 2 is 1.73 bits per heavy atom. The highest BCUT2D eigenvalue weighted by Gasteiger charge is 2.04. The second-order valence-electron chi connectivity index (χ2n) is 2.88. The molecule has 0 aromatic carbocycles. The minimum absolute atomic E-state index is 0.362. The highest BCUT2D eigenvalue weighted by molar-refractivity contribution is 9.09. The molecule has 0 unspecified atom stereocenters. The maximum Gasteiger partial charge on any atom is 0.0518 e. The zero-order chi connectivity index (χ0) is 8.69. The Labute approximate surface area is 86.1 Å². The van der Waals surface area contributed by atoms with E-state index < -0.39 is 0 Å². The number of halogens is 2. The summed E-state index contributed by atoms with van der Waals surface area (Å²) in [6.07, 6.45) is 1.50. The summed E-state index contributed by atoms with van der Waals surface area (Å²) in [5.74, 6) is 0.703. The Morgan fingerprint density at radius 1 is 1.18 bits per heavy atom. The third-order valence-corrected chi connectivity index (χ3v) is 3.25. The van der Waals surface area contributed by atoms with Crippen LogP contribution >= 0.6 is 31.9 Å². The van der Waals surface area contributed by atoms with Crippen LogP contribution in [0, 0.1) is 5.92 Å². The van der Waals surface area contributed by atoms with Crippen LogP contribution in [0.5, 0.6) is 0 Å². The molecule has 0 amide bonds. The first-order chi connectivity index (χ1) is 5.20. The summed E-state index contributed by atoms with van der Waals surface area (Å²) in [7, 11) is 0. The van der Waals surface area contributed by atoms with Gasteiger partial charge in [-0.1, -0.05) is 31.9 Å². The molecule has 0 N–H and O–H groups in total. The minimum Gasteiger partial charge on any atom is -0.379 e. The lowest BCUT2D eigenvalue weighted by Crippen LogP contribution is -2.11. The smallest absolute Gasteiger partial charge is 0.0518 e. The first-order valence-electron chi connectivity index (χ1n) is 3.94. The van der Waals surface area contributed by atoms with Gasteiger partial charge < -0.3 is 4.74 Å². The van der Waals surface area contributed by atoms with E-state index >= 15 is 0 Å². The van der Waals surface area contributed by atoms with Gasteiger partial charge in [0.15, 0.2) is 0 Å². The number of alkyl halides is 2. The van der Waals surface area contributed by atoms with Crippen LogP contribution in [0.4, 0.5) is 0 Å². The van der Waals surface area contributed by atoms with Crippen molar-refractivity contribution in [1.82, 2.24) is 0 Å². The lowest BCUT2D eigenvalue weighted by atomic mass is 10.1. The maximum absolute atomic E-state index is 5.43. The molecule has 1 nitrogen and oxygen atoms in total. The van der Waals surface area contributed by atoms with Crippen molar-refractivity contribution in [2.45, 2.75) is 26.4 Å². The van der Waals surface area contributed by atoms with E-state index in [1.807, 2.05) is 0 Å². The van der Waals surface area contributed by atoms with Crippen molar-refractivity contribution < 1.29 is 4.74 Å². The molecule has 0 aliphatic carbocycles. The molecule has 0 aliphatic rings. The van der Waals surface area contributed by atoms with Crippen LogP contribution in [0.3, 0.4) is 0 Å². The monoisotopic (exact) mass is 286 g/mol. The van der Waals surface area contributed by atoms with Crippen LogP contribution in [-0.4, -0.2) is 23.4 Å². The third-order valence-electron chi connectivity index (χ3n) is 1.41. The van der Waals surface area contributed by atoms with Crippen LogP contribution in [0.2, 0.25) is 0 Å². The van der Waals surface area contributed by atoms with E-state index in [-0.39, 0.29) is 0 Å². The molecule has 3 heteroatoms. The van der Waals surface area contributed by atoms with Gasteiger partial charge in [-0.2, -0.15) is 0 Å². The SMILES string of the molecule is CC(C)OCCC(CBr)CBr. The average Bonchev–Trinajstić information content (AvgIpc) is 1.98. The second-order valence-corrected chi connectivity index (χ2v) is 4.18. The van der Waals surface area contributed by atoms with Crippen LogP contribution in [0.15, 0.2) is 0 Å². The topological polar surface area (TPSA) is 9.23 Å². The van der Waals surface area contributed by atoms with E-state index in [1.54, 1.807) is 0 Å². The van der Waals surface area contributed by atoms with Crippen LogP contribution in [0.25, 0.3) is 0 Å². The van der Waals surface area contributed by atoms with Gasteiger partial charge >= 0.3 is 0 Å². The van der Waals surface area contributed by atoms with E-state index in [2.05, 4.69) is 45.7 Å². The van der Waals surface area contributed by atoms with Gasteiger partial charge in [0.05, 0.1) is 6.10 Å². The van der Waals surface area contributed by atoms with E-state index in [0.717, 1.165) is 23.7 Å². The van der Waals surface area contributed by atoms with Gasteiger partial charge in [-0.25, -0.2) is 0 Å². The molecule has 0 atom stereocenters. The van der Waals surface area contributed by atoms with Crippen molar-refractivity contribution in [3.05, 3.63) is 0 Å². The third kappa shape index (κ3) is 7.29. The molecule has 0 spiro atoms. The van der Waals surface area contributed by atoms with Crippen molar-refractivity contribution in [3.63, 3.8) is 0 Å². The molecule has 0 saturated heterocycles. The van der Waals surface area contributed by atoms with Gasteiger partial charge in [0, 0.05) is 17.3 Å². The first-order valence-corrected chi connectivity index (χ1v) is 6.18. The molecular formula is C8H16Br2O. The maximum atomic E-state index is 5.43. The highest BCUT2D eigenvalue weighted by atomic mass is 79.9. The summed E-state index contributed by atoms with van der Waals surface area (Å²) in [6, 6.07) is 0. The lowest BCUT2D eigenvalue weighted by molar-refractivity contribution is 0.0717. The molecule has 0 heterocycles. The van der Waals surface area contributed by atoms with Crippen molar-refractivity contribution in [3.8, 4) is 0 Å². The normalized spacial score (nSPS) is 11.5. The minimum atomic E-state index is 0.362. The predicted octanol–water partition coefficient (Wildman–Crippen LogP) is 3.21. The first kappa shape index (κ1) is 11.9. The van der Waals surface area contributed by atoms with Gasteiger partial charge in [0.2, 0.25) is 0 Å². The summed E-state index contributed by atoms with van der Waals surface area (Å²) in [6.45, 7) is 5.01. The molecule has 0 aromatic heterocycles. The highest BCUT2D eigenvalue weighted by Crippen LogP contribution is 2.10. The van der Waals surface area contributed by atoms with Crippen LogP contribution in [0.1, 0.15) is 20.3 Å². The van der Waals surface area contributed by atoms with Crippen molar-refractivity contribution in [2.75, 3.05) is 17.3 Å². The van der Waals surface area contributed by atoms with Gasteiger partial charge in [0.1, 0.15) is 0 Å². The lowest BCUT2D eigenvalue weighted by Gasteiger charge is -2.12. The number of hydrogen-bond donors (Lipinski definition) is 0. The molecule has 0 bridgehead atoms. The van der Waals surface area contributed by atoms with E-state index in [1.165, 1.54) is 0 Å². The molecule has 0 saturated carbocycles. The fourth-order valence-electron chi connectivity index (χ4n) is 0.666. The van der Waals surface area contributed by atoms with Gasteiger partial charge in [0.25, 0.3) is 0 Å². The largest absolute Gasteiger partial charge is 0.379 e. The molecule has 0 radical (unpaired) electrons. The Kier molecular flexibility index (Phi) is 8.20. The van der Waals surface area contributed by atoms with E-state index in [4.69, 9.17) is 4.74 Å². The molecule has 0 rings (SSSR count). The van der Waals surface area contributed by atoms with Gasteiger partial charge in [-0.3, -0.25) is 0 Å². The molecule has 68 valence electrons. The standard InChI is InChI=1S/C8H16Br2O/c1-7(2)11-4-3-8(5-9)6-10/h7-8H,3-6H2,1-2H3. The molecule has 0 fully saturated rings. The molecule has 0 aliphatic heterocycles. The Balaban J connectivity index is 3.21. The van der Waals surface area contributed by atoms with Crippen molar-refractivity contribution in [1.29, 1.82) is 0 Å². The van der Waals surface area contributed by atoms with E-state index in [9.17, 15) is 0 Å². The van der Waals surface area contributed by atoms with Gasteiger partial charge in [-0.05, 0) is 26.2 Å². The molecule has 11 heavy (non-hydrogen) atoms.